The molecule has 0 unspecified atom stereocenters. The van der Waals surface area contributed by atoms with E-state index < -0.39 is 12.5 Å². The van der Waals surface area contributed by atoms with E-state index in [9.17, 15) is 17.6 Å². The van der Waals surface area contributed by atoms with Crippen LogP contribution < -0.4 is 10.1 Å². The molecule has 24 heavy (non-hydrogen) atoms. The summed E-state index contributed by atoms with van der Waals surface area (Å²) in [6.07, 6.45) is -4.78. The van der Waals surface area contributed by atoms with Gasteiger partial charge in [0.2, 0.25) is 0 Å². The normalized spacial score (nSPS) is 21.0. The summed E-state index contributed by atoms with van der Waals surface area (Å²) in [5, 5.41) is 3.32. The first-order chi connectivity index (χ1) is 11.5. The molecule has 1 aromatic carbocycles. The second-order valence-electron chi connectivity index (χ2n) is 6.51. The number of alkyl halides is 4. The molecule has 1 aliphatic heterocycles. The van der Waals surface area contributed by atoms with Gasteiger partial charge in [-0.3, -0.25) is 4.90 Å². The van der Waals surface area contributed by atoms with Gasteiger partial charge in [-0.25, -0.2) is 0 Å². The van der Waals surface area contributed by atoms with E-state index in [-0.39, 0.29) is 11.8 Å². The van der Waals surface area contributed by atoms with Crippen molar-refractivity contribution in [3.05, 3.63) is 29.8 Å². The van der Waals surface area contributed by atoms with E-state index in [2.05, 4.69) is 15.0 Å². The number of piperazine rings is 1. The lowest BCUT2D eigenvalue weighted by Gasteiger charge is -2.35. The minimum absolute atomic E-state index is 0.240. The van der Waals surface area contributed by atoms with Gasteiger partial charge < -0.3 is 10.1 Å². The monoisotopic (exact) mass is 346 g/mol. The van der Waals surface area contributed by atoms with Gasteiger partial charge in [-0.15, -0.1) is 0 Å². The first-order valence-corrected chi connectivity index (χ1v) is 8.35. The summed E-state index contributed by atoms with van der Waals surface area (Å²) in [6.45, 7) is 3.75. The molecule has 1 aromatic rings. The fourth-order valence-electron chi connectivity index (χ4n) is 3.12. The van der Waals surface area contributed by atoms with Gasteiger partial charge in [-0.05, 0) is 30.0 Å². The highest BCUT2D eigenvalue weighted by Gasteiger charge is 2.44. The van der Waals surface area contributed by atoms with Gasteiger partial charge >= 0.3 is 12.5 Å². The molecule has 1 atom stereocenters. The SMILES string of the molecule is FC(F)C(F)(F)Oc1ccc([C@H](CC2CC2)N2CCNCC2)cc1. The van der Waals surface area contributed by atoms with Crippen molar-refractivity contribution in [2.45, 2.75) is 37.8 Å². The Morgan fingerprint density at radius 3 is 2.29 bits per heavy atom. The van der Waals surface area contributed by atoms with Gasteiger partial charge in [0, 0.05) is 32.2 Å². The van der Waals surface area contributed by atoms with Crippen molar-refractivity contribution in [2.24, 2.45) is 5.92 Å². The van der Waals surface area contributed by atoms with Crippen molar-refractivity contribution in [1.29, 1.82) is 0 Å². The number of nitrogens with zero attached hydrogens (tertiary/aromatic N) is 1. The smallest absolute Gasteiger partial charge is 0.428 e. The average molecular weight is 346 g/mol. The summed E-state index contributed by atoms with van der Waals surface area (Å²) >= 11 is 0. The lowest BCUT2D eigenvalue weighted by molar-refractivity contribution is -0.253. The highest BCUT2D eigenvalue weighted by molar-refractivity contribution is 5.30. The van der Waals surface area contributed by atoms with Gasteiger partial charge in [-0.1, -0.05) is 25.0 Å². The standard InChI is InChI=1S/C17H22F4N2O/c18-16(19)17(20,21)24-14-5-3-13(4-6-14)15(11-12-1-2-12)23-9-7-22-8-10-23/h3-6,12,15-16,22H,1-2,7-11H2/t15-/m0/s1. The maximum Gasteiger partial charge on any atom is 0.461 e. The number of ether oxygens (including phenoxy) is 1. The van der Waals surface area contributed by atoms with Crippen molar-refractivity contribution >= 4 is 0 Å². The molecule has 7 heteroatoms. The van der Waals surface area contributed by atoms with Gasteiger partial charge in [0.15, 0.2) is 0 Å². The first-order valence-electron chi connectivity index (χ1n) is 8.35. The van der Waals surface area contributed by atoms with Crippen molar-refractivity contribution in [3.8, 4) is 5.75 Å². The summed E-state index contributed by atoms with van der Waals surface area (Å²) in [5.74, 6) is 0.485. The number of hydrogen-bond acceptors (Lipinski definition) is 3. The molecule has 1 N–H and O–H groups in total. The van der Waals surface area contributed by atoms with Gasteiger partial charge in [0.1, 0.15) is 5.75 Å². The quantitative estimate of drug-likeness (QED) is 0.763. The van der Waals surface area contributed by atoms with Crippen LogP contribution in [0.1, 0.15) is 30.9 Å². The van der Waals surface area contributed by atoms with Crippen LogP contribution in [0, 0.1) is 5.92 Å². The molecule has 1 saturated carbocycles. The van der Waals surface area contributed by atoms with E-state index >= 15 is 0 Å². The molecule has 0 aromatic heterocycles. The molecule has 1 saturated heterocycles. The molecule has 2 fully saturated rings. The van der Waals surface area contributed by atoms with Crippen LogP contribution in [0.3, 0.4) is 0 Å². The molecule has 0 bridgehead atoms. The molecule has 1 heterocycles. The third kappa shape index (κ3) is 4.39. The molecule has 2 aliphatic rings. The van der Waals surface area contributed by atoms with E-state index in [1.807, 2.05) is 0 Å². The summed E-state index contributed by atoms with van der Waals surface area (Å²) < 4.78 is 54.5. The molecule has 3 rings (SSSR count). The summed E-state index contributed by atoms with van der Waals surface area (Å²) in [4.78, 5) is 2.40. The fourth-order valence-corrected chi connectivity index (χ4v) is 3.12. The van der Waals surface area contributed by atoms with Crippen LogP contribution in [0.4, 0.5) is 17.6 Å². The Labute approximate surface area is 139 Å². The predicted octanol–water partition coefficient (Wildman–Crippen LogP) is 3.67. The molecule has 134 valence electrons. The fraction of sp³-hybridized carbons (Fsp3) is 0.647. The van der Waals surface area contributed by atoms with Crippen LogP contribution in [-0.4, -0.2) is 43.6 Å². The van der Waals surface area contributed by atoms with Crippen molar-refractivity contribution in [2.75, 3.05) is 26.2 Å². The molecule has 3 nitrogen and oxygen atoms in total. The third-order valence-corrected chi connectivity index (χ3v) is 4.62. The Morgan fingerprint density at radius 2 is 1.75 bits per heavy atom. The molecule has 0 amide bonds. The summed E-state index contributed by atoms with van der Waals surface area (Å²) in [7, 11) is 0. The molecule has 0 spiro atoms. The second-order valence-corrected chi connectivity index (χ2v) is 6.51. The van der Waals surface area contributed by atoms with Gasteiger partial charge in [-0.2, -0.15) is 17.6 Å². The lowest BCUT2D eigenvalue weighted by Crippen LogP contribution is -2.45. The Kier molecular flexibility index (Phi) is 5.30. The maximum absolute atomic E-state index is 13.0. The lowest BCUT2D eigenvalue weighted by atomic mass is 9.98. The predicted molar refractivity (Wildman–Crippen MR) is 82.5 cm³/mol. The Morgan fingerprint density at radius 1 is 1.12 bits per heavy atom. The number of nitrogens with one attached hydrogen (secondary N) is 1. The largest absolute Gasteiger partial charge is 0.461 e. The Hall–Kier alpha value is -1.34. The van der Waals surface area contributed by atoms with Gasteiger partial charge in [0.25, 0.3) is 0 Å². The number of benzene rings is 1. The van der Waals surface area contributed by atoms with E-state index in [1.165, 1.54) is 25.0 Å². The second kappa shape index (κ2) is 7.27. The minimum Gasteiger partial charge on any atom is -0.428 e. The summed E-state index contributed by atoms with van der Waals surface area (Å²) in [5.41, 5.74) is 1.02. The van der Waals surface area contributed by atoms with E-state index in [4.69, 9.17) is 0 Å². The van der Waals surface area contributed by atoms with Crippen molar-refractivity contribution in [1.82, 2.24) is 10.2 Å². The van der Waals surface area contributed by atoms with Gasteiger partial charge in [0.05, 0.1) is 0 Å². The zero-order chi connectivity index (χ0) is 17.2. The average Bonchev–Trinajstić information content (AvgIpc) is 3.38. The van der Waals surface area contributed by atoms with E-state index in [0.29, 0.717) is 0 Å². The Balaban J connectivity index is 1.71. The Bertz CT molecular complexity index is 528. The van der Waals surface area contributed by atoms with Crippen LogP contribution >= 0.6 is 0 Å². The van der Waals surface area contributed by atoms with E-state index in [1.54, 1.807) is 12.1 Å². The number of rotatable bonds is 7. The van der Waals surface area contributed by atoms with E-state index in [0.717, 1.165) is 44.1 Å². The van der Waals surface area contributed by atoms with Crippen LogP contribution in [0.5, 0.6) is 5.75 Å². The zero-order valence-corrected chi connectivity index (χ0v) is 13.4. The van der Waals surface area contributed by atoms with Crippen molar-refractivity contribution < 1.29 is 22.3 Å². The highest BCUT2D eigenvalue weighted by atomic mass is 19.3. The molecule has 0 radical (unpaired) electrons. The minimum atomic E-state index is -4.46. The van der Waals surface area contributed by atoms with Crippen LogP contribution in [-0.2, 0) is 0 Å². The highest BCUT2D eigenvalue weighted by Crippen LogP contribution is 2.40. The molecule has 1 aliphatic carbocycles. The molecular weight excluding hydrogens is 324 g/mol. The van der Waals surface area contributed by atoms with Crippen LogP contribution in [0.2, 0.25) is 0 Å². The summed E-state index contributed by atoms with van der Waals surface area (Å²) in [6, 6.07) is 6.38. The maximum atomic E-state index is 13.0. The molecular formula is C17H22F4N2O. The van der Waals surface area contributed by atoms with Crippen LogP contribution in [0.15, 0.2) is 24.3 Å². The number of halogens is 4. The third-order valence-electron chi connectivity index (χ3n) is 4.62. The number of hydrogen-bond donors (Lipinski definition) is 1. The zero-order valence-electron chi connectivity index (χ0n) is 13.4. The first kappa shape index (κ1) is 17.5. The van der Waals surface area contributed by atoms with Crippen LogP contribution in [0.25, 0.3) is 0 Å². The topological polar surface area (TPSA) is 24.5 Å². The van der Waals surface area contributed by atoms with Crippen molar-refractivity contribution in [3.63, 3.8) is 0 Å².